The summed E-state index contributed by atoms with van der Waals surface area (Å²) in [5, 5.41) is 0.584. The van der Waals surface area contributed by atoms with Crippen molar-refractivity contribution in [3.05, 3.63) is 18.7 Å². The van der Waals surface area contributed by atoms with Crippen LogP contribution in [0.2, 0.25) is 0 Å². The molecule has 1 aliphatic rings. The van der Waals surface area contributed by atoms with Gasteiger partial charge in [-0.25, -0.2) is 23.7 Å². The Hall–Kier alpha value is -2.05. The highest BCUT2D eigenvalue weighted by Crippen LogP contribution is 2.35. The van der Waals surface area contributed by atoms with Crippen molar-refractivity contribution in [3.63, 3.8) is 0 Å². The maximum atomic E-state index is 12.8. The lowest BCUT2D eigenvalue weighted by Crippen LogP contribution is -2.56. The van der Waals surface area contributed by atoms with Gasteiger partial charge in [0.25, 0.3) is 5.92 Å². The van der Waals surface area contributed by atoms with Crippen molar-refractivity contribution in [3.8, 4) is 0 Å². The molecule has 17 heavy (non-hydrogen) atoms. The second-order valence-corrected chi connectivity index (χ2v) is 4.03. The fourth-order valence-corrected chi connectivity index (χ4v) is 1.90. The minimum Gasteiger partial charge on any atom is -0.383 e. The van der Waals surface area contributed by atoms with Crippen LogP contribution in [0.1, 0.15) is 0 Å². The number of hydrogen-bond donors (Lipinski definition) is 1. The quantitative estimate of drug-likeness (QED) is 0.803. The monoisotopic (exact) mass is 237 g/mol. The zero-order valence-corrected chi connectivity index (χ0v) is 8.77. The summed E-state index contributed by atoms with van der Waals surface area (Å²) in [5.74, 6) is -2.32. The Morgan fingerprint density at radius 1 is 1.24 bits per heavy atom. The van der Waals surface area contributed by atoms with E-state index in [1.54, 1.807) is 0 Å². The molecule has 0 amide bonds. The molecule has 2 aromatic rings. The van der Waals surface area contributed by atoms with Crippen LogP contribution in [0.15, 0.2) is 18.7 Å². The fraction of sp³-hybridized carbons (Fsp3) is 0.300. The second kappa shape index (κ2) is 3.22. The Kier molecular flexibility index (Phi) is 1.92. The first-order chi connectivity index (χ1) is 8.07. The number of anilines is 2. The van der Waals surface area contributed by atoms with Gasteiger partial charge in [0.2, 0.25) is 0 Å². The summed E-state index contributed by atoms with van der Waals surface area (Å²) in [6.07, 6.45) is 4.37. The number of halogens is 2. The van der Waals surface area contributed by atoms with Crippen molar-refractivity contribution in [1.29, 1.82) is 0 Å². The normalized spacial score (nSPS) is 18.1. The van der Waals surface area contributed by atoms with E-state index in [9.17, 15) is 8.78 Å². The highest BCUT2D eigenvalue weighted by Gasteiger charge is 2.44. The molecule has 7 heteroatoms. The number of hydrogen-bond acceptors (Lipinski definition) is 5. The standard InChI is InChI=1S/C10H9F2N5/c11-10(12)3-17(4-10)7-2-15-9(13)6-1-14-5-16-8(6)7/h1-2,5H,3-4H2,(H2,13,15). The summed E-state index contributed by atoms with van der Waals surface area (Å²) >= 11 is 0. The maximum Gasteiger partial charge on any atom is 0.282 e. The van der Waals surface area contributed by atoms with Crippen molar-refractivity contribution in [1.82, 2.24) is 15.0 Å². The molecule has 1 aliphatic heterocycles. The molecule has 0 aliphatic carbocycles. The third-order valence-corrected chi connectivity index (χ3v) is 2.74. The average Bonchev–Trinajstić information content (AvgIpc) is 2.27. The van der Waals surface area contributed by atoms with Crippen molar-refractivity contribution in [2.75, 3.05) is 23.7 Å². The van der Waals surface area contributed by atoms with Crippen LogP contribution >= 0.6 is 0 Å². The lowest BCUT2D eigenvalue weighted by atomic mass is 10.1. The van der Waals surface area contributed by atoms with E-state index in [0.717, 1.165) is 0 Å². The summed E-state index contributed by atoms with van der Waals surface area (Å²) < 4.78 is 25.7. The van der Waals surface area contributed by atoms with Gasteiger partial charge in [0.1, 0.15) is 17.7 Å². The van der Waals surface area contributed by atoms with E-state index in [0.29, 0.717) is 22.4 Å². The first kappa shape index (κ1) is 10.1. The van der Waals surface area contributed by atoms with E-state index in [-0.39, 0.29) is 13.1 Å². The van der Waals surface area contributed by atoms with E-state index in [1.165, 1.54) is 23.6 Å². The zero-order chi connectivity index (χ0) is 12.0. The van der Waals surface area contributed by atoms with E-state index in [4.69, 9.17) is 5.73 Å². The topological polar surface area (TPSA) is 67.9 Å². The second-order valence-electron chi connectivity index (χ2n) is 4.03. The van der Waals surface area contributed by atoms with E-state index in [2.05, 4.69) is 15.0 Å². The molecular weight excluding hydrogens is 228 g/mol. The number of pyridine rings is 1. The molecule has 88 valence electrons. The average molecular weight is 237 g/mol. The van der Waals surface area contributed by atoms with Crippen LogP contribution in [0.3, 0.4) is 0 Å². The molecule has 2 N–H and O–H groups in total. The van der Waals surface area contributed by atoms with Crippen LogP contribution in [-0.2, 0) is 0 Å². The third kappa shape index (κ3) is 1.54. The number of rotatable bonds is 1. The van der Waals surface area contributed by atoms with Gasteiger partial charge in [0.05, 0.1) is 30.4 Å². The van der Waals surface area contributed by atoms with Gasteiger partial charge < -0.3 is 10.6 Å². The molecular formula is C10H9F2N5. The van der Waals surface area contributed by atoms with Gasteiger partial charge in [-0.1, -0.05) is 0 Å². The van der Waals surface area contributed by atoms with Gasteiger partial charge in [0.15, 0.2) is 0 Å². The molecule has 1 fully saturated rings. The Labute approximate surface area is 95.3 Å². The fourth-order valence-electron chi connectivity index (χ4n) is 1.90. The third-order valence-electron chi connectivity index (χ3n) is 2.74. The summed E-state index contributed by atoms with van der Waals surface area (Å²) in [6, 6.07) is 0. The molecule has 3 heterocycles. The summed E-state index contributed by atoms with van der Waals surface area (Å²) in [4.78, 5) is 13.4. The van der Waals surface area contributed by atoms with Crippen LogP contribution < -0.4 is 10.6 Å². The predicted molar refractivity (Wildman–Crippen MR) is 58.9 cm³/mol. The molecule has 0 radical (unpaired) electrons. The van der Waals surface area contributed by atoms with Gasteiger partial charge in [-0.2, -0.15) is 0 Å². The molecule has 0 spiro atoms. The number of fused-ring (bicyclic) bond motifs is 1. The molecule has 0 unspecified atom stereocenters. The van der Waals surface area contributed by atoms with Crippen LogP contribution in [-0.4, -0.2) is 34.0 Å². The maximum absolute atomic E-state index is 12.8. The van der Waals surface area contributed by atoms with Gasteiger partial charge in [-0.3, -0.25) is 0 Å². The minimum absolute atomic E-state index is 0.302. The number of nitrogens with zero attached hydrogens (tertiary/aromatic N) is 4. The van der Waals surface area contributed by atoms with Crippen LogP contribution in [0.5, 0.6) is 0 Å². The SMILES string of the molecule is Nc1ncc(N2CC(F)(F)C2)c2ncncc12. The number of nitrogen functional groups attached to an aromatic ring is 1. The smallest absolute Gasteiger partial charge is 0.282 e. The predicted octanol–water partition coefficient (Wildman–Crippen LogP) is 1.06. The van der Waals surface area contributed by atoms with Crippen molar-refractivity contribution < 1.29 is 8.78 Å². The Bertz CT molecular complexity index is 578. The van der Waals surface area contributed by atoms with Crippen LogP contribution in [0.25, 0.3) is 10.9 Å². The minimum atomic E-state index is -2.62. The van der Waals surface area contributed by atoms with Gasteiger partial charge >= 0.3 is 0 Å². The molecule has 0 saturated carbocycles. The van der Waals surface area contributed by atoms with Crippen molar-refractivity contribution in [2.45, 2.75) is 5.92 Å². The summed E-state index contributed by atoms with van der Waals surface area (Å²) in [5.41, 5.74) is 6.81. The molecule has 3 rings (SSSR count). The van der Waals surface area contributed by atoms with Crippen molar-refractivity contribution >= 4 is 22.4 Å². The van der Waals surface area contributed by atoms with E-state index in [1.807, 2.05) is 0 Å². The Balaban J connectivity index is 2.09. The molecule has 0 atom stereocenters. The molecule has 0 aromatic carbocycles. The molecule has 5 nitrogen and oxygen atoms in total. The number of alkyl halides is 2. The number of nitrogens with two attached hydrogens (primary N) is 1. The molecule has 1 saturated heterocycles. The number of aromatic nitrogens is 3. The summed E-state index contributed by atoms with van der Waals surface area (Å²) in [6.45, 7) is -0.616. The van der Waals surface area contributed by atoms with Crippen LogP contribution in [0, 0.1) is 0 Å². The van der Waals surface area contributed by atoms with E-state index >= 15 is 0 Å². The highest BCUT2D eigenvalue weighted by atomic mass is 19.3. The van der Waals surface area contributed by atoms with Crippen LogP contribution in [0.4, 0.5) is 20.3 Å². The first-order valence-corrected chi connectivity index (χ1v) is 5.04. The zero-order valence-electron chi connectivity index (χ0n) is 8.77. The largest absolute Gasteiger partial charge is 0.383 e. The highest BCUT2D eigenvalue weighted by molar-refractivity contribution is 5.96. The Morgan fingerprint density at radius 2 is 2.00 bits per heavy atom. The van der Waals surface area contributed by atoms with E-state index < -0.39 is 5.92 Å². The lowest BCUT2D eigenvalue weighted by molar-refractivity contribution is -0.0261. The molecule has 0 bridgehead atoms. The molecule has 2 aromatic heterocycles. The lowest BCUT2D eigenvalue weighted by Gasteiger charge is -2.40. The first-order valence-electron chi connectivity index (χ1n) is 5.04. The summed E-state index contributed by atoms with van der Waals surface area (Å²) in [7, 11) is 0. The Morgan fingerprint density at radius 3 is 2.71 bits per heavy atom. The van der Waals surface area contributed by atoms with Gasteiger partial charge in [0, 0.05) is 6.20 Å². The van der Waals surface area contributed by atoms with Crippen molar-refractivity contribution in [2.24, 2.45) is 0 Å². The van der Waals surface area contributed by atoms with Gasteiger partial charge in [-0.15, -0.1) is 0 Å². The van der Waals surface area contributed by atoms with Gasteiger partial charge in [-0.05, 0) is 0 Å².